The van der Waals surface area contributed by atoms with E-state index in [9.17, 15) is 0 Å². The smallest absolute Gasteiger partial charge is 0.122 e. The van der Waals surface area contributed by atoms with Gasteiger partial charge in [0.15, 0.2) is 0 Å². The Labute approximate surface area is 136 Å². The summed E-state index contributed by atoms with van der Waals surface area (Å²) in [5.74, 6) is 1.14. The zero-order valence-electron chi connectivity index (χ0n) is 13.3. The summed E-state index contributed by atoms with van der Waals surface area (Å²) in [5, 5.41) is 0. The first kappa shape index (κ1) is 14.2. The Kier molecular flexibility index (Phi) is 3.67. The van der Waals surface area contributed by atoms with E-state index >= 15 is 0 Å². The maximum Gasteiger partial charge on any atom is 0.122 e. The van der Waals surface area contributed by atoms with Crippen molar-refractivity contribution in [2.75, 3.05) is 0 Å². The number of aromatic nitrogens is 3. The van der Waals surface area contributed by atoms with E-state index in [2.05, 4.69) is 69.0 Å². The molecule has 0 bridgehead atoms. The summed E-state index contributed by atoms with van der Waals surface area (Å²) in [4.78, 5) is 11.2. The van der Waals surface area contributed by atoms with Crippen LogP contribution >= 0.6 is 0 Å². The first-order valence-corrected chi connectivity index (χ1v) is 8.00. The van der Waals surface area contributed by atoms with Gasteiger partial charge in [-0.25, -0.2) is 4.98 Å². The molecule has 1 atom stereocenters. The molecule has 0 fully saturated rings. The summed E-state index contributed by atoms with van der Waals surface area (Å²) < 4.78 is 2.27. The van der Waals surface area contributed by atoms with E-state index in [4.69, 9.17) is 0 Å². The van der Waals surface area contributed by atoms with Crippen LogP contribution in [0.3, 0.4) is 0 Å². The van der Waals surface area contributed by atoms with Gasteiger partial charge in [-0.2, -0.15) is 0 Å². The molecule has 0 radical (unpaired) electrons. The van der Waals surface area contributed by atoms with Crippen LogP contribution in [-0.4, -0.2) is 19.4 Å². The molecular weight excluding hydrogens is 284 g/mol. The lowest BCUT2D eigenvalue weighted by Gasteiger charge is -2.36. The highest BCUT2D eigenvalue weighted by atomic mass is 15.3. The van der Waals surface area contributed by atoms with Gasteiger partial charge in [0, 0.05) is 37.9 Å². The Morgan fingerprint density at radius 3 is 2.83 bits per heavy atom. The number of pyridine rings is 1. The standard InChI is InChI=1S/C19H20N4/c1-15-11-20-8-7-17(15)12-23-14-19-21-9-10-22(19)13-18(23)16-5-3-2-4-6-16/h2-11,18H,12-14H2,1H3/t18-/m0/s1. The van der Waals surface area contributed by atoms with Crippen molar-refractivity contribution in [3.8, 4) is 0 Å². The number of hydrogen-bond donors (Lipinski definition) is 0. The number of imidazole rings is 1. The summed E-state index contributed by atoms with van der Waals surface area (Å²) in [5.41, 5.74) is 3.94. The summed E-state index contributed by atoms with van der Waals surface area (Å²) in [6.07, 6.45) is 7.81. The van der Waals surface area contributed by atoms with Gasteiger partial charge in [0.05, 0.1) is 12.6 Å². The van der Waals surface area contributed by atoms with Gasteiger partial charge in [-0.05, 0) is 29.7 Å². The van der Waals surface area contributed by atoms with Crippen LogP contribution in [-0.2, 0) is 19.6 Å². The van der Waals surface area contributed by atoms with Gasteiger partial charge in [0.25, 0.3) is 0 Å². The van der Waals surface area contributed by atoms with Crippen LogP contribution in [0.1, 0.15) is 28.6 Å². The summed E-state index contributed by atoms with van der Waals surface area (Å²) in [7, 11) is 0. The van der Waals surface area contributed by atoms with Crippen molar-refractivity contribution in [3.63, 3.8) is 0 Å². The van der Waals surface area contributed by atoms with Crippen molar-refractivity contribution >= 4 is 0 Å². The molecule has 0 N–H and O–H groups in total. The number of fused-ring (bicyclic) bond motifs is 1. The Bertz CT molecular complexity index is 794. The molecule has 0 unspecified atom stereocenters. The van der Waals surface area contributed by atoms with Crippen LogP contribution in [0.25, 0.3) is 0 Å². The van der Waals surface area contributed by atoms with Crippen molar-refractivity contribution in [2.45, 2.75) is 32.6 Å². The maximum absolute atomic E-state index is 4.51. The molecule has 3 aromatic rings. The quantitative estimate of drug-likeness (QED) is 0.744. The molecule has 3 heterocycles. The highest BCUT2D eigenvalue weighted by Crippen LogP contribution is 2.30. The lowest BCUT2D eigenvalue weighted by molar-refractivity contribution is 0.128. The third-order valence-corrected chi connectivity index (χ3v) is 4.65. The molecule has 0 spiro atoms. The molecule has 4 rings (SSSR count). The molecule has 0 saturated carbocycles. The van der Waals surface area contributed by atoms with Crippen molar-refractivity contribution in [1.29, 1.82) is 0 Å². The van der Waals surface area contributed by atoms with Gasteiger partial charge in [0.1, 0.15) is 5.82 Å². The lowest BCUT2D eigenvalue weighted by atomic mass is 10.0. The van der Waals surface area contributed by atoms with Crippen LogP contribution in [0.2, 0.25) is 0 Å². The van der Waals surface area contributed by atoms with E-state index in [-0.39, 0.29) is 0 Å². The molecule has 1 aromatic carbocycles. The van der Waals surface area contributed by atoms with E-state index in [0.717, 1.165) is 25.5 Å². The lowest BCUT2D eigenvalue weighted by Crippen LogP contribution is -2.36. The van der Waals surface area contributed by atoms with Crippen LogP contribution in [0, 0.1) is 6.92 Å². The van der Waals surface area contributed by atoms with Gasteiger partial charge in [-0.15, -0.1) is 0 Å². The van der Waals surface area contributed by atoms with Gasteiger partial charge in [-0.3, -0.25) is 9.88 Å². The first-order chi connectivity index (χ1) is 11.3. The average molecular weight is 304 g/mol. The normalized spacial score (nSPS) is 17.9. The molecule has 4 nitrogen and oxygen atoms in total. The number of benzene rings is 1. The summed E-state index contributed by atoms with van der Waals surface area (Å²) in [6.45, 7) is 4.86. The van der Waals surface area contributed by atoms with Gasteiger partial charge in [-0.1, -0.05) is 30.3 Å². The van der Waals surface area contributed by atoms with Crippen molar-refractivity contribution in [3.05, 3.63) is 83.7 Å². The van der Waals surface area contributed by atoms with Crippen LogP contribution < -0.4 is 0 Å². The van der Waals surface area contributed by atoms with Crippen LogP contribution in [0.4, 0.5) is 0 Å². The Morgan fingerprint density at radius 1 is 1.13 bits per heavy atom. The predicted molar refractivity (Wildman–Crippen MR) is 89.6 cm³/mol. The zero-order valence-corrected chi connectivity index (χ0v) is 13.3. The van der Waals surface area contributed by atoms with Crippen LogP contribution in [0.15, 0.2) is 61.2 Å². The SMILES string of the molecule is Cc1cnccc1CN1Cc2nccn2C[C@H]1c1ccccc1. The fraction of sp³-hybridized carbons (Fsp3) is 0.263. The molecule has 116 valence electrons. The molecule has 1 aliphatic heterocycles. The maximum atomic E-state index is 4.51. The molecule has 23 heavy (non-hydrogen) atoms. The monoisotopic (exact) mass is 304 g/mol. The first-order valence-electron chi connectivity index (χ1n) is 8.00. The number of nitrogens with zero attached hydrogens (tertiary/aromatic N) is 4. The van der Waals surface area contributed by atoms with Crippen molar-refractivity contribution < 1.29 is 0 Å². The fourth-order valence-corrected chi connectivity index (χ4v) is 3.31. The second-order valence-electron chi connectivity index (χ2n) is 6.13. The second-order valence-corrected chi connectivity index (χ2v) is 6.13. The zero-order chi connectivity index (χ0) is 15.6. The van der Waals surface area contributed by atoms with Gasteiger partial charge in [0.2, 0.25) is 0 Å². The Hall–Kier alpha value is -2.46. The molecule has 1 aliphatic rings. The van der Waals surface area contributed by atoms with E-state index in [0.29, 0.717) is 6.04 Å². The van der Waals surface area contributed by atoms with E-state index in [1.165, 1.54) is 16.7 Å². The van der Waals surface area contributed by atoms with Gasteiger partial charge < -0.3 is 4.57 Å². The van der Waals surface area contributed by atoms with E-state index in [1.807, 2.05) is 18.6 Å². The van der Waals surface area contributed by atoms with Crippen LogP contribution in [0.5, 0.6) is 0 Å². The highest BCUT2D eigenvalue weighted by Gasteiger charge is 2.28. The minimum Gasteiger partial charge on any atom is -0.332 e. The van der Waals surface area contributed by atoms with Crippen molar-refractivity contribution in [2.24, 2.45) is 0 Å². The molecule has 2 aromatic heterocycles. The number of hydrogen-bond acceptors (Lipinski definition) is 3. The fourth-order valence-electron chi connectivity index (χ4n) is 3.31. The minimum absolute atomic E-state index is 0.366. The molecular formula is C19H20N4. The number of rotatable bonds is 3. The Morgan fingerprint density at radius 2 is 2.00 bits per heavy atom. The van der Waals surface area contributed by atoms with Gasteiger partial charge >= 0.3 is 0 Å². The van der Waals surface area contributed by atoms with E-state index < -0.39 is 0 Å². The molecule has 0 saturated heterocycles. The van der Waals surface area contributed by atoms with E-state index in [1.54, 1.807) is 0 Å². The average Bonchev–Trinajstić information content (AvgIpc) is 3.04. The second kappa shape index (κ2) is 5.97. The predicted octanol–water partition coefficient (Wildman–Crippen LogP) is 3.34. The third-order valence-electron chi connectivity index (χ3n) is 4.65. The summed E-state index contributed by atoms with van der Waals surface area (Å²) >= 11 is 0. The number of aryl methyl sites for hydroxylation is 1. The third kappa shape index (κ3) is 2.78. The Balaban J connectivity index is 1.68. The molecule has 4 heteroatoms. The van der Waals surface area contributed by atoms with Crippen molar-refractivity contribution in [1.82, 2.24) is 19.4 Å². The topological polar surface area (TPSA) is 34.0 Å². The highest BCUT2D eigenvalue weighted by molar-refractivity contribution is 5.24. The molecule has 0 aliphatic carbocycles. The molecule has 0 amide bonds. The summed E-state index contributed by atoms with van der Waals surface area (Å²) in [6, 6.07) is 13.2. The largest absolute Gasteiger partial charge is 0.332 e. The minimum atomic E-state index is 0.366.